The number of hydrogen-bond acceptors (Lipinski definition) is 5. The summed E-state index contributed by atoms with van der Waals surface area (Å²) in [7, 11) is 1.66. The molecule has 0 saturated carbocycles. The fourth-order valence-corrected chi connectivity index (χ4v) is 1.91. The minimum Gasteiger partial charge on any atom is -0.376 e. The van der Waals surface area contributed by atoms with Gasteiger partial charge in [-0.2, -0.15) is 0 Å². The van der Waals surface area contributed by atoms with Gasteiger partial charge in [-0.1, -0.05) is 5.21 Å². The van der Waals surface area contributed by atoms with Crippen molar-refractivity contribution in [3.63, 3.8) is 0 Å². The average molecular weight is 276 g/mol. The second-order valence-electron chi connectivity index (χ2n) is 3.15. The van der Waals surface area contributed by atoms with Crippen molar-refractivity contribution in [2.75, 3.05) is 19.8 Å². The number of carbonyl (C=O) groups is 1. The van der Waals surface area contributed by atoms with Gasteiger partial charge in [0.15, 0.2) is 4.60 Å². The Morgan fingerprint density at radius 3 is 2.93 bits per heavy atom. The molecule has 1 aromatic rings. The third-order valence-electron chi connectivity index (χ3n) is 2.13. The van der Waals surface area contributed by atoms with Crippen LogP contribution < -0.4 is 0 Å². The molecule has 1 fully saturated rings. The second kappa shape index (κ2) is 4.38. The molecule has 1 aliphatic rings. The lowest BCUT2D eigenvalue weighted by atomic mass is 10.2. The first kappa shape index (κ1) is 10.7. The predicted octanol–water partition coefficient (Wildman–Crippen LogP) is 0.176. The maximum atomic E-state index is 12.0. The summed E-state index contributed by atoms with van der Waals surface area (Å²) in [6.07, 6.45) is -0.549. The minimum atomic E-state index is -0.549. The first-order valence-electron chi connectivity index (χ1n) is 4.49. The number of rotatable bonds is 2. The number of halogens is 1. The van der Waals surface area contributed by atoms with Crippen LogP contribution in [0.4, 0.5) is 0 Å². The van der Waals surface area contributed by atoms with Gasteiger partial charge in [-0.3, -0.25) is 4.79 Å². The molecule has 82 valence electrons. The summed E-state index contributed by atoms with van der Waals surface area (Å²) < 4.78 is 12.3. The summed E-state index contributed by atoms with van der Waals surface area (Å²) in [4.78, 5) is 12.0. The zero-order valence-corrected chi connectivity index (χ0v) is 9.73. The summed E-state index contributed by atoms with van der Waals surface area (Å²) >= 11 is 3.17. The van der Waals surface area contributed by atoms with Crippen LogP contribution in [0, 0.1) is 0 Å². The second-order valence-corrected chi connectivity index (χ2v) is 3.90. The van der Waals surface area contributed by atoms with Crippen molar-refractivity contribution < 1.29 is 14.3 Å². The fourth-order valence-electron chi connectivity index (χ4n) is 1.38. The van der Waals surface area contributed by atoms with E-state index in [1.807, 2.05) is 0 Å². The number of nitrogens with zero attached hydrogens (tertiary/aromatic N) is 3. The van der Waals surface area contributed by atoms with Gasteiger partial charge >= 0.3 is 0 Å². The molecule has 1 unspecified atom stereocenters. The molecule has 7 heteroatoms. The molecule has 0 aliphatic carbocycles. The lowest BCUT2D eigenvalue weighted by Crippen LogP contribution is -2.36. The molecule has 15 heavy (non-hydrogen) atoms. The first-order chi connectivity index (χ1) is 7.20. The van der Waals surface area contributed by atoms with Gasteiger partial charge in [0, 0.05) is 7.05 Å². The van der Waals surface area contributed by atoms with E-state index < -0.39 is 6.10 Å². The first-order valence-corrected chi connectivity index (χ1v) is 5.28. The molecule has 0 aromatic carbocycles. The topological polar surface area (TPSA) is 66.2 Å². The molecule has 0 amide bonds. The molecule has 1 saturated heterocycles. The van der Waals surface area contributed by atoms with E-state index in [4.69, 9.17) is 9.47 Å². The van der Waals surface area contributed by atoms with Crippen LogP contribution in [0.2, 0.25) is 0 Å². The monoisotopic (exact) mass is 275 g/mol. The Kier molecular flexibility index (Phi) is 3.13. The third-order valence-corrected chi connectivity index (χ3v) is 2.66. The van der Waals surface area contributed by atoms with E-state index in [0.717, 1.165) is 0 Å². The van der Waals surface area contributed by atoms with E-state index in [2.05, 4.69) is 26.2 Å². The van der Waals surface area contributed by atoms with Crippen LogP contribution in [0.15, 0.2) is 4.60 Å². The maximum absolute atomic E-state index is 12.0. The molecule has 2 heterocycles. The summed E-state index contributed by atoms with van der Waals surface area (Å²) in [6, 6.07) is 0. The summed E-state index contributed by atoms with van der Waals surface area (Å²) in [5.41, 5.74) is 0.408. The van der Waals surface area contributed by atoms with Crippen LogP contribution in [0.25, 0.3) is 0 Å². The van der Waals surface area contributed by atoms with Gasteiger partial charge in [-0.05, 0) is 15.9 Å². The van der Waals surface area contributed by atoms with Crippen LogP contribution in [0.5, 0.6) is 0 Å². The van der Waals surface area contributed by atoms with Crippen molar-refractivity contribution in [1.82, 2.24) is 15.0 Å². The van der Waals surface area contributed by atoms with Gasteiger partial charge in [0.2, 0.25) is 5.78 Å². The standard InChI is InChI=1S/C8H10BrN3O3/c1-12-6(8(9)10-11-12)7(13)5-4-14-2-3-15-5/h5H,2-4H2,1H3. The SMILES string of the molecule is Cn1nnc(Br)c1C(=O)C1COCCO1. The highest BCUT2D eigenvalue weighted by Gasteiger charge is 2.28. The highest BCUT2D eigenvalue weighted by molar-refractivity contribution is 9.10. The highest BCUT2D eigenvalue weighted by Crippen LogP contribution is 2.16. The van der Waals surface area contributed by atoms with Gasteiger partial charge in [-0.25, -0.2) is 4.68 Å². The molecule has 0 spiro atoms. The number of Topliss-reactive ketones (excluding diaryl/α,β-unsaturated/α-hetero) is 1. The molecule has 1 aliphatic heterocycles. The smallest absolute Gasteiger partial charge is 0.214 e. The maximum Gasteiger partial charge on any atom is 0.214 e. The average Bonchev–Trinajstić information content (AvgIpc) is 2.59. The van der Waals surface area contributed by atoms with E-state index in [0.29, 0.717) is 23.5 Å². The molecular weight excluding hydrogens is 266 g/mol. The van der Waals surface area contributed by atoms with E-state index >= 15 is 0 Å². The zero-order valence-electron chi connectivity index (χ0n) is 8.14. The minimum absolute atomic E-state index is 0.158. The zero-order chi connectivity index (χ0) is 10.8. The lowest BCUT2D eigenvalue weighted by Gasteiger charge is -2.21. The molecule has 6 nitrogen and oxygen atoms in total. The molecule has 0 radical (unpaired) electrons. The van der Waals surface area contributed by atoms with Gasteiger partial charge < -0.3 is 9.47 Å². The number of hydrogen-bond donors (Lipinski definition) is 0. The Morgan fingerprint density at radius 2 is 2.40 bits per heavy atom. The van der Waals surface area contributed by atoms with Crippen LogP contribution in [0.3, 0.4) is 0 Å². The number of carbonyl (C=O) groups excluding carboxylic acids is 1. The van der Waals surface area contributed by atoms with Crippen molar-refractivity contribution >= 4 is 21.7 Å². The van der Waals surface area contributed by atoms with Crippen molar-refractivity contribution in [3.8, 4) is 0 Å². The third kappa shape index (κ3) is 2.09. The van der Waals surface area contributed by atoms with Gasteiger partial charge in [0.05, 0.1) is 19.8 Å². The number of aromatic nitrogens is 3. The predicted molar refractivity (Wildman–Crippen MR) is 53.6 cm³/mol. The lowest BCUT2D eigenvalue weighted by molar-refractivity contribution is -0.0722. The number of ketones is 1. The van der Waals surface area contributed by atoms with Crippen molar-refractivity contribution in [3.05, 3.63) is 10.3 Å². The van der Waals surface area contributed by atoms with E-state index in [1.165, 1.54) is 4.68 Å². The van der Waals surface area contributed by atoms with Crippen molar-refractivity contribution in [2.24, 2.45) is 7.05 Å². The molecular formula is C8H10BrN3O3. The van der Waals surface area contributed by atoms with E-state index in [-0.39, 0.29) is 12.4 Å². The van der Waals surface area contributed by atoms with Gasteiger partial charge in [0.1, 0.15) is 11.8 Å². The van der Waals surface area contributed by atoms with Crippen LogP contribution >= 0.6 is 15.9 Å². The summed E-state index contributed by atoms with van der Waals surface area (Å²) in [5, 5.41) is 7.48. The molecule has 0 bridgehead atoms. The Morgan fingerprint density at radius 1 is 1.60 bits per heavy atom. The Hall–Kier alpha value is -0.790. The molecule has 2 rings (SSSR count). The highest BCUT2D eigenvalue weighted by atomic mass is 79.9. The molecule has 0 N–H and O–H groups in total. The van der Waals surface area contributed by atoms with Crippen LogP contribution in [-0.2, 0) is 16.5 Å². The molecule has 1 atom stereocenters. The van der Waals surface area contributed by atoms with Gasteiger partial charge in [-0.15, -0.1) is 5.10 Å². The Bertz CT molecular complexity index is 354. The van der Waals surface area contributed by atoms with Crippen molar-refractivity contribution in [2.45, 2.75) is 6.10 Å². The van der Waals surface area contributed by atoms with Crippen LogP contribution in [-0.4, -0.2) is 46.7 Å². The van der Waals surface area contributed by atoms with E-state index in [9.17, 15) is 4.79 Å². The van der Waals surface area contributed by atoms with Crippen molar-refractivity contribution in [1.29, 1.82) is 0 Å². The quantitative estimate of drug-likeness (QED) is 0.721. The normalized spacial score (nSPS) is 21.6. The number of aryl methyl sites for hydroxylation is 1. The molecule has 1 aromatic heterocycles. The fraction of sp³-hybridized carbons (Fsp3) is 0.625. The van der Waals surface area contributed by atoms with Gasteiger partial charge in [0.25, 0.3) is 0 Å². The van der Waals surface area contributed by atoms with Crippen LogP contribution in [0.1, 0.15) is 10.5 Å². The Balaban J connectivity index is 2.19. The van der Waals surface area contributed by atoms with E-state index in [1.54, 1.807) is 7.05 Å². The summed E-state index contributed by atoms with van der Waals surface area (Å²) in [5.74, 6) is -0.158. The largest absolute Gasteiger partial charge is 0.376 e. The Labute approximate surface area is 94.7 Å². The summed E-state index contributed by atoms with van der Waals surface area (Å²) in [6.45, 7) is 1.27. The number of ether oxygens (including phenoxy) is 2.